The van der Waals surface area contributed by atoms with E-state index in [1.165, 1.54) is 30.3 Å². The second-order valence-electron chi connectivity index (χ2n) is 5.75. The van der Waals surface area contributed by atoms with Crippen LogP contribution < -0.4 is 15.1 Å². The normalized spacial score (nSPS) is 11.1. The number of hydrogen-bond donors (Lipinski definition) is 2. The molecule has 3 aromatic rings. The Labute approximate surface area is 155 Å². The van der Waals surface area contributed by atoms with E-state index in [1.807, 2.05) is 24.3 Å². The minimum atomic E-state index is -3.80. The van der Waals surface area contributed by atoms with Gasteiger partial charge in [0.05, 0.1) is 17.4 Å². The fourth-order valence-corrected chi connectivity index (χ4v) is 3.59. The summed E-state index contributed by atoms with van der Waals surface area (Å²) in [7, 11) is -3.80. The number of sulfonamides is 1. The van der Waals surface area contributed by atoms with Crippen LogP contribution >= 0.6 is 0 Å². The van der Waals surface area contributed by atoms with Crippen molar-refractivity contribution in [2.75, 3.05) is 11.3 Å². The van der Waals surface area contributed by atoms with Gasteiger partial charge in [-0.15, -0.1) is 0 Å². The molecule has 8 heteroatoms. The molecule has 0 atom stereocenters. The summed E-state index contributed by atoms with van der Waals surface area (Å²) in [4.78, 5) is 22.2. The van der Waals surface area contributed by atoms with E-state index in [4.69, 9.17) is 0 Å². The third kappa shape index (κ3) is 4.42. The van der Waals surface area contributed by atoms with Gasteiger partial charge < -0.3 is 15.2 Å². The fraction of sp³-hybridized carbons (Fsp3) is 0.0526. The summed E-state index contributed by atoms with van der Waals surface area (Å²) >= 11 is 0. The first kappa shape index (κ1) is 18.4. The molecule has 0 radical (unpaired) electrons. The van der Waals surface area contributed by atoms with Gasteiger partial charge in [0.1, 0.15) is 0 Å². The molecule has 1 amide bonds. The Morgan fingerprint density at radius 1 is 0.889 bits per heavy atom. The third-order valence-corrected chi connectivity index (χ3v) is 5.20. The summed E-state index contributed by atoms with van der Waals surface area (Å²) in [6.45, 7) is -0.602. The average Bonchev–Trinajstić information content (AvgIpc) is 2.66. The zero-order valence-corrected chi connectivity index (χ0v) is 14.8. The number of carbonyl (C=O) groups excluding carboxylic acids is 2. The predicted molar refractivity (Wildman–Crippen MR) is 98.5 cm³/mol. The number of benzene rings is 3. The van der Waals surface area contributed by atoms with E-state index in [9.17, 15) is 23.1 Å². The van der Waals surface area contributed by atoms with Crippen molar-refractivity contribution in [1.82, 2.24) is 5.32 Å². The number of nitrogens with one attached hydrogen (secondary N) is 2. The molecule has 0 heterocycles. The van der Waals surface area contributed by atoms with E-state index in [1.54, 1.807) is 12.1 Å². The van der Waals surface area contributed by atoms with Gasteiger partial charge in [-0.1, -0.05) is 30.3 Å². The van der Waals surface area contributed by atoms with Crippen molar-refractivity contribution >= 4 is 38.4 Å². The predicted octanol–water partition coefficient (Wildman–Crippen LogP) is 1.12. The molecule has 7 nitrogen and oxygen atoms in total. The largest absolute Gasteiger partial charge is 0.548 e. The molecule has 3 aromatic carbocycles. The van der Waals surface area contributed by atoms with Crippen LogP contribution in [0.3, 0.4) is 0 Å². The average molecular weight is 383 g/mol. The number of hydrogen-bond acceptors (Lipinski definition) is 5. The lowest BCUT2D eigenvalue weighted by atomic mass is 10.1. The van der Waals surface area contributed by atoms with E-state index >= 15 is 0 Å². The molecule has 138 valence electrons. The van der Waals surface area contributed by atoms with Crippen molar-refractivity contribution in [1.29, 1.82) is 0 Å². The SMILES string of the molecule is O=C([O-])CNC(=O)c1ccc(NS(=O)(=O)c2ccc3ccccc3c2)cc1. The van der Waals surface area contributed by atoms with Gasteiger partial charge in [0.25, 0.3) is 15.9 Å². The van der Waals surface area contributed by atoms with Crippen LogP contribution in [0.4, 0.5) is 5.69 Å². The maximum atomic E-state index is 12.6. The molecule has 0 aliphatic rings. The van der Waals surface area contributed by atoms with Crippen LogP contribution in [0.1, 0.15) is 10.4 Å². The Hall–Kier alpha value is -3.39. The van der Waals surface area contributed by atoms with Crippen LogP contribution in [0.5, 0.6) is 0 Å². The van der Waals surface area contributed by atoms with E-state index in [0.29, 0.717) is 0 Å². The number of fused-ring (bicyclic) bond motifs is 1. The van der Waals surface area contributed by atoms with Crippen molar-refractivity contribution in [2.24, 2.45) is 0 Å². The molecule has 2 N–H and O–H groups in total. The first-order valence-corrected chi connectivity index (χ1v) is 9.43. The number of carboxylic acid groups (broad SMARTS) is 1. The molecule has 3 rings (SSSR count). The first-order valence-electron chi connectivity index (χ1n) is 7.95. The summed E-state index contributed by atoms with van der Waals surface area (Å²) in [5, 5.41) is 14.3. The lowest BCUT2D eigenvalue weighted by Gasteiger charge is -2.10. The maximum Gasteiger partial charge on any atom is 0.261 e. The second-order valence-corrected chi connectivity index (χ2v) is 7.43. The number of anilines is 1. The lowest BCUT2D eigenvalue weighted by molar-refractivity contribution is -0.303. The highest BCUT2D eigenvalue weighted by molar-refractivity contribution is 7.92. The maximum absolute atomic E-state index is 12.6. The Kier molecular flexibility index (Phi) is 5.09. The molecule has 27 heavy (non-hydrogen) atoms. The summed E-state index contributed by atoms with van der Waals surface area (Å²) < 4.78 is 27.6. The van der Waals surface area contributed by atoms with Crippen LogP contribution in [-0.4, -0.2) is 26.8 Å². The van der Waals surface area contributed by atoms with Crippen LogP contribution in [0.2, 0.25) is 0 Å². The van der Waals surface area contributed by atoms with Crippen molar-refractivity contribution in [2.45, 2.75) is 4.90 Å². The lowest BCUT2D eigenvalue weighted by Crippen LogP contribution is -2.37. The van der Waals surface area contributed by atoms with E-state index < -0.39 is 28.4 Å². The summed E-state index contributed by atoms with van der Waals surface area (Å²) in [5.74, 6) is -1.99. The fourth-order valence-electron chi connectivity index (χ4n) is 2.49. The Morgan fingerprint density at radius 2 is 1.56 bits per heavy atom. The minimum Gasteiger partial charge on any atom is -0.548 e. The smallest absolute Gasteiger partial charge is 0.261 e. The molecular weight excluding hydrogens is 368 g/mol. The van der Waals surface area contributed by atoms with Crippen molar-refractivity contribution < 1.29 is 23.1 Å². The van der Waals surface area contributed by atoms with E-state index in [2.05, 4.69) is 10.0 Å². The molecule has 0 aliphatic carbocycles. The van der Waals surface area contributed by atoms with Crippen molar-refractivity contribution in [3.05, 3.63) is 72.3 Å². The summed E-state index contributed by atoms with van der Waals surface area (Å²) in [6, 6.07) is 17.9. The molecule has 0 bridgehead atoms. The number of rotatable bonds is 6. The van der Waals surface area contributed by atoms with Gasteiger partial charge in [-0.05, 0) is 47.2 Å². The molecule has 0 spiro atoms. The summed E-state index contributed by atoms with van der Waals surface area (Å²) in [6.07, 6.45) is 0. The zero-order chi connectivity index (χ0) is 19.4. The van der Waals surface area contributed by atoms with Gasteiger partial charge in [-0.3, -0.25) is 9.52 Å². The standard InChI is InChI=1S/C19H16N2O5S/c22-18(23)12-20-19(24)14-5-8-16(9-6-14)21-27(25,26)17-10-7-13-3-1-2-4-15(13)11-17/h1-11,21H,12H2,(H,20,24)(H,22,23)/p-1. The molecule has 0 saturated carbocycles. The highest BCUT2D eigenvalue weighted by Crippen LogP contribution is 2.21. The molecule has 0 aliphatic heterocycles. The highest BCUT2D eigenvalue weighted by Gasteiger charge is 2.15. The quantitative estimate of drug-likeness (QED) is 0.662. The van der Waals surface area contributed by atoms with E-state index in [0.717, 1.165) is 10.8 Å². The van der Waals surface area contributed by atoms with Crippen molar-refractivity contribution in [3.63, 3.8) is 0 Å². The highest BCUT2D eigenvalue weighted by atomic mass is 32.2. The third-order valence-electron chi connectivity index (χ3n) is 3.82. The molecule has 0 fully saturated rings. The molecule has 0 aromatic heterocycles. The zero-order valence-electron chi connectivity index (χ0n) is 14.0. The molecule has 0 unspecified atom stereocenters. The van der Waals surface area contributed by atoms with Crippen LogP contribution in [-0.2, 0) is 14.8 Å². The van der Waals surface area contributed by atoms with Crippen molar-refractivity contribution in [3.8, 4) is 0 Å². The van der Waals surface area contributed by atoms with Crippen LogP contribution in [0.15, 0.2) is 71.6 Å². The summed E-state index contributed by atoms with van der Waals surface area (Å²) in [5.41, 5.74) is 0.476. The topological polar surface area (TPSA) is 115 Å². The van der Waals surface area contributed by atoms with Gasteiger partial charge in [0, 0.05) is 11.3 Å². The number of carbonyl (C=O) groups is 2. The number of amides is 1. The Morgan fingerprint density at radius 3 is 2.22 bits per heavy atom. The van der Waals surface area contributed by atoms with Crippen LogP contribution in [0.25, 0.3) is 10.8 Å². The number of carboxylic acids is 1. The van der Waals surface area contributed by atoms with Gasteiger partial charge >= 0.3 is 0 Å². The molecule has 0 saturated heterocycles. The first-order chi connectivity index (χ1) is 12.8. The van der Waals surface area contributed by atoms with Crippen LogP contribution in [0, 0.1) is 0 Å². The van der Waals surface area contributed by atoms with Gasteiger partial charge in [-0.25, -0.2) is 8.42 Å². The van der Waals surface area contributed by atoms with E-state index in [-0.39, 0.29) is 16.1 Å². The van der Waals surface area contributed by atoms with Gasteiger partial charge in [0.15, 0.2) is 0 Å². The second kappa shape index (κ2) is 7.46. The number of aliphatic carboxylic acids is 1. The molecular formula is C19H15N2O5S-. The Balaban J connectivity index is 1.76. The van der Waals surface area contributed by atoms with Gasteiger partial charge in [-0.2, -0.15) is 0 Å². The Bertz CT molecular complexity index is 1110. The monoisotopic (exact) mass is 383 g/mol. The van der Waals surface area contributed by atoms with Gasteiger partial charge in [0.2, 0.25) is 0 Å². The minimum absolute atomic E-state index is 0.122.